The van der Waals surface area contributed by atoms with Gasteiger partial charge in [-0.1, -0.05) is 24.2 Å². The lowest BCUT2D eigenvalue weighted by atomic mass is 10.0. The average molecular weight is 343 g/mol. The number of aromatic nitrogens is 2. The summed E-state index contributed by atoms with van der Waals surface area (Å²) in [6.45, 7) is 5.54. The minimum absolute atomic E-state index is 0.393. The number of primary amides is 1. The molecule has 7 nitrogen and oxygen atoms in total. The topological polar surface area (TPSA) is 97.3 Å². The molecule has 0 spiro atoms. The Morgan fingerprint density at radius 2 is 2.20 bits per heavy atom. The van der Waals surface area contributed by atoms with E-state index in [4.69, 9.17) is 10.3 Å². The van der Waals surface area contributed by atoms with Crippen LogP contribution < -0.4 is 11.1 Å². The number of amides is 1. The summed E-state index contributed by atoms with van der Waals surface area (Å²) >= 11 is 0. The highest BCUT2D eigenvalue weighted by Crippen LogP contribution is 2.14. The summed E-state index contributed by atoms with van der Waals surface area (Å²) < 4.78 is 5.18. The first kappa shape index (κ1) is 17.6. The van der Waals surface area contributed by atoms with Crippen LogP contribution in [0.1, 0.15) is 47.4 Å². The number of nitrogens with two attached hydrogens (primary N) is 1. The quantitative estimate of drug-likeness (QED) is 0.790. The Hall–Kier alpha value is -2.25. The zero-order valence-corrected chi connectivity index (χ0v) is 14.6. The minimum atomic E-state index is -0.393. The molecule has 1 fully saturated rings. The third-order valence-corrected chi connectivity index (χ3v) is 4.52. The Morgan fingerprint density at radius 3 is 2.88 bits per heavy atom. The number of hydrogen-bond acceptors (Lipinski definition) is 6. The molecule has 3 N–H and O–H groups in total. The average Bonchev–Trinajstić information content (AvgIpc) is 3.08. The number of aryl methyl sites for hydroxylation is 1. The van der Waals surface area contributed by atoms with Crippen molar-refractivity contribution in [1.82, 2.24) is 20.4 Å². The third-order valence-electron chi connectivity index (χ3n) is 4.52. The van der Waals surface area contributed by atoms with Gasteiger partial charge in [-0.05, 0) is 37.1 Å². The first-order chi connectivity index (χ1) is 12.1. The Kier molecular flexibility index (Phi) is 5.78. The molecule has 7 heteroatoms. The number of carbonyl (C=O) groups excluding carboxylic acids is 1. The normalized spacial score (nSPS) is 18.4. The Morgan fingerprint density at radius 1 is 1.40 bits per heavy atom. The molecular weight excluding hydrogens is 318 g/mol. The van der Waals surface area contributed by atoms with Crippen molar-refractivity contribution in [2.45, 2.75) is 45.3 Å². The highest BCUT2D eigenvalue weighted by atomic mass is 16.5. The molecule has 1 aliphatic rings. The van der Waals surface area contributed by atoms with Gasteiger partial charge in [0.2, 0.25) is 11.8 Å². The maximum absolute atomic E-state index is 11.1. The highest BCUT2D eigenvalue weighted by molar-refractivity contribution is 5.92. The Balaban J connectivity index is 1.48. The lowest BCUT2D eigenvalue weighted by molar-refractivity contribution is 0.100. The smallest absolute Gasteiger partial charge is 0.248 e. The number of nitrogens with zero attached hydrogens (tertiary/aromatic N) is 3. The minimum Gasteiger partial charge on any atom is -0.366 e. The summed E-state index contributed by atoms with van der Waals surface area (Å²) in [5.74, 6) is 1.07. The molecule has 1 aromatic carbocycles. The van der Waals surface area contributed by atoms with E-state index in [0.717, 1.165) is 56.8 Å². The van der Waals surface area contributed by atoms with Crippen LogP contribution in [0.25, 0.3) is 0 Å². The van der Waals surface area contributed by atoms with E-state index in [2.05, 4.69) is 20.4 Å². The van der Waals surface area contributed by atoms with Crippen LogP contribution in [0.15, 0.2) is 28.8 Å². The fourth-order valence-corrected chi connectivity index (χ4v) is 3.11. The molecule has 2 heterocycles. The van der Waals surface area contributed by atoms with Crippen molar-refractivity contribution in [2.24, 2.45) is 5.73 Å². The summed E-state index contributed by atoms with van der Waals surface area (Å²) in [7, 11) is 0. The van der Waals surface area contributed by atoms with Crippen molar-refractivity contribution in [2.75, 3.05) is 13.1 Å². The van der Waals surface area contributed by atoms with Crippen molar-refractivity contribution in [3.8, 4) is 0 Å². The van der Waals surface area contributed by atoms with Crippen molar-refractivity contribution in [3.05, 3.63) is 47.1 Å². The van der Waals surface area contributed by atoms with Crippen molar-refractivity contribution in [3.63, 3.8) is 0 Å². The predicted octanol–water partition coefficient (Wildman–Crippen LogP) is 1.49. The molecule has 0 radical (unpaired) electrons. The second-order valence-corrected chi connectivity index (χ2v) is 6.47. The van der Waals surface area contributed by atoms with Gasteiger partial charge in [-0.2, -0.15) is 4.98 Å². The van der Waals surface area contributed by atoms with Gasteiger partial charge in [0.1, 0.15) is 0 Å². The number of hydrogen-bond donors (Lipinski definition) is 2. The van der Waals surface area contributed by atoms with Gasteiger partial charge in [-0.25, -0.2) is 0 Å². The fraction of sp³-hybridized carbons (Fsp3) is 0.500. The maximum atomic E-state index is 11.1. The van der Waals surface area contributed by atoms with Crippen molar-refractivity contribution in [1.29, 1.82) is 0 Å². The van der Waals surface area contributed by atoms with E-state index >= 15 is 0 Å². The van der Waals surface area contributed by atoms with E-state index in [1.54, 1.807) is 12.1 Å². The summed E-state index contributed by atoms with van der Waals surface area (Å²) in [4.78, 5) is 17.9. The van der Waals surface area contributed by atoms with E-state index in [1.807, 2.05) is 19.1 Å². The summed E-state index contributed by atoms with van der Waals surface area (Å²) in [6.07, 6.45) is 3.07. The second kappa shape index (κ2) is 8.22. The van der Waals surface area contributed by atoms with E-state index in [9.17, 15) is 4.79 Å². The van der Waals surface area contributed by atoms with Crippen LogP contribution in [0.4, 0.5) is 0 Å². The monoisotopic (exact) mass is 343 g/mol. The van der Waals surface area contributed by atoms with Gasteiger partial charge in [-0.3, -0.25) is 9.69 Å². The SMILES string of the molecule is CCc1nc(CN2CCC[C@H](NCc3ccc(C(N)=O)cc3)C2)no1. The van der Waals surface area contributed by atoms with Gasteiger partial charge < -0.3 is 15.6 Å². The van der Waals surface area contributed by atoms with Crippen LogP contribution in [-0.4, -0.2) is 40.1 Å². The number of likely N-dealkylation sites (tertiary alicyclic amines) is 1. The van der Waals surface area contributed by atoms with Crippen molar-refractivity contribution >= 4 is 5.91 Å². The molecule has 134 valence electrons. The summed E-state index contributed by atoms with van der Waals surface area (Å²) in [5.41, 5.74) is 6.95. The molecule has 3 rings (SSSR count). The molecule has 1 saturated heterocycles. The lowest BCUT2D eigenvalue weighted by Crippen LogP contribution is -2.45. The van der Waals surface area contributed by atoms with Gasteiger partial charge in [-0.15, -0.1) is 0 Å². The molecule has 1 aliphatic heterocycles. The van der Waals surface area contributed by atoms with Crippen LogP contribution >= 0.6 is 0 Å². The molecule has 2 aromatic rings. The first-order valence-electron chi connectivity index (χ1n) is 8.80. The highest BCUT2D eigenvalue weighted by Gasteiger charge is 2.21. The number of nitrogens with one attached hydrogen (secondary N) is 1. The number of piperidine rings is 1. The fourth-order valence-electron chi connectivity index (χ4n) is 3.11. The molecule has 0 unspecified atom stereocenters. The second-order valence-electron chi connectivity index (χ2n) is 6.47. The molecule has 25 heavy (non-hydrogen) atoms. The van der Waals surface area contributed by atoms with Crippen LogP contribution in [0.5, 0.6) is 0 Å². The summed E-state index contributed by atoms with van der Waals surface area (Å²) in [5, 5.41) is 7.63. The van der Waals surface area contributed by atoms with Gasteiger partial charge >= 0.3 is 0 Å². The zero-order valence-electron chi connectivity index (χ0n) is 14.6. The van der Waals surface area contributed by atoms with Crippen LogP contribution in [0.2, 0.25) is 0 Å². The first-order valence-corrected chi connectivity index (χ1v) is 8.80. The molecule has 1 aromatic heterocycles. The molecule has 0 aliphatic carbocycles. The largest absolute Gasteiger partial charge is 0.366 e. The maximum Gasteiger partial charge on any atom is 0.248 e. The number of rotatable bonds is 7. The van der Waals surface area contributed by atoms with Crippen LogP contribution in [0, 0.1) is 0 Å². The Labute approximate surface area is 147 Å². The van der Waals surface area contributed by atoms with Crippen LogP contribution in [-0.2, 0) is 19.5 Å². The van der Waals surface area contributed by atoms with E-state index in [0.29, 0.717) is 17.5 Å². The molecule has 0 bridgehead atoms. The molecule has 1 atom stereocenters. The zero-order chi connectivity index (χ0) is 17.6. The third kappa shape index (κ3) is 4.87. The number of benzene rings is 1. The molecule has 1 amide bonds. The summed E-state index contributed by atoms with van der Waals surface area (Å²) in [6, 6.07) is 7.86. The van der Waals surface area contributed by atoms with E-state index < -0.39 is 5.91 Å². The lowest BCUT2D eigenvalue weighted by Gasteiger charge is -2.32. The Bertz CT molecular complexity index is 698. The number of carbonyl (C=O) groups is 1. The molecule has 0 saturated carbocycles. The van der Waals surface area contributed by atoms with E-state index in [1.165, 1.54) is 0 Å². The van der Waals surface area contributed by atoms with Crippen LogP contribution in [0.3, 0.4) is 0 Å². The van der Waals surface area contributed by atoms with Gasteiger partial charge in [0.15, 0.2) is 5.82 Å². The van der Waals surface area contributed by atoms with Gasteiger partial charge in [0.05, 0.1) is 6.54 Å². The molecular formula is C18H25N5O2. The standard InChI is InChI=1S/C18H25N5O2/c1-2-17-21-16(22-25-17)12-23-9-3-4-15(11-23)20-10-13-5-7-14(8-6-13)18(19)24/h5-8,15,20H,2-4,9-12H2,1H3,(H2,19,24)/t15-/m0/s1. The van der Waals surface area contributed by atoms with Crippen molar-refractivity contribution < 1.29 is 9.32 Å². The van der Waals surface area contributed by atoms with E-state index in [-0.39, 0.29) is 0 Å². The van der Waals surface area contributed by atoms with Gasteiger partial charge in [0.25, 0.3) is 0 Å². The predicted molar refractivity (Wildman–Crippen MR) is 93.8 cm³/mol. The van der Waals surface area contributed by atoms with Gasteiger partial charge in [0, 0.05) is 31.1 Å².